The molecule has 0 spiro atoms. The summed E-state index contributed by atoms with van der Waals surface area (Å²) < 4.78 is 0. The van der Waals surface area contributed by atoms with E-state index in [9.17, 15) is 0 Å². The molecule has 3 nitrogen and oxygen atoms in total. The van der Waals surface area contributed by atoms with E-state index >= 15 is 0 Å². The molecule has 0 saturated carbocycles. The molecule has 0 amide bonds. The van der Waals surface area contributed by atoms with Gasteiger partial charge in [0.25, 0.3) is 0 Å². The van der Waals surface area contributed by atoms with Crippen LogP contribution in [0.3, 0.4) is 0 Å². The zero-order valence-electron chi connectivity index (χ0n) is 6.38. The summed E-state index contributed by atoms with van der Waals surface area (Å²) in [7, 11) is 0. The van der Waals surface area contributed by atoms with Crippen LogP contribution in [-0.4, -0.2) is 35.5 Å². The van der Waals surface area contributed by atoms with E-state index in [-0.39, 0.29) is 0 Å². The van der Waals surface area contributed by atoms with Crippen LogP contribution in [0.4, 0.5) is 0 Å². The van der Waals surface area contributed by atoms with Crippen molar-refractivity contribution < 1.29 is 5.21 Å². The summed E-state index contributed by atoms with van der Waals surface area (Å²) in [5.41, 5.74) is 0.924. The number of hydrogen-bond acceptors (Lipinski definition) is 3. The molecule has 1 N–H and O–H groups in total. The lowest BCUT2D eigenvalue weighted by atomic mass is 10.1. The summed E-state index contributed by atoms with van der Waals surface area (Å²) in [6.45, 7) is 5.18. The minimum Gasteiger partial charge on any atom is -0.411 e. The summed E-state index contributed by atoms with van der Waals surface area (Å²) in [6, 6.07) is 0. The van der Waals surface area contributed by atoms with Gasteiger partial charge in [-0.1, -0.05) is 12.1 Å². The van der Waals surface area contributed by atoms with E-state index in [2.05, 4.69) is 17.0 Å². The molecule has 1 aliphatic rings. The molecule has 1 rings (SSSR count). The Bertz CT molecular complexity index is 134. The van der Waals surface area contributed by atoms with E-state index in [0.717, 1.165) is 38.2 Å². The van der Waals surface area contributed by atoms with E-state index in [0.29, 0.717) is 0 Å². The van der Waals surface area contributed by atoms with Gasteiger partial charge >= 0.3 is 0 Å². The van der Waals surface area contributed by atoms with Crippen molar-refractivity contribution in [1.82, 2.24) is 4.90 Å². The average molecular weight is 142 g/mol. The van der Waals surface area contributed by atoms with Gasteiger partial charge in [0.1, 0.15) is 0 Å². The van der Waals surface area contributed by atoms with Gasteiger partial charge in [0.05, 0.1) is 5.71 Å². The lowest BCUT2D eigenvalue weighted by molar-refractivity contribution is 0.281. The molecular formula is C7H14N2O. The van der Waals surface area contributed by atoms with Crippen LogP contribution in [0.1, 0.15) is 19.8 Å². The number of oxime groups is 1. The van der Waals surface area contributed by atoms with Gasteiger partial charge < -0.3 is 5.21 Å². The first-order valence-electron chi connectivity index (χ1n) is 3.79. The predicted octanol–water partition coefficient (Wildman–Crippen LogP) is 0.932. The van der Waals surface area contributed by atoms with Crippen molar-refractivity contribution in [3.63, 3.8) is 0 Å². The zero-order valence-corrected chi connectivity index (χ0v) is 6.38. The summed E-state index contributed by atoms with van der Waals surface area (Å²) in [4.78, 5) is 2.28. The monoisotopic (exact) mass is 142 g/mol. The lowest BCUT2D eigenvalue weighted by Gasteiger charge is -2.25. The van der Waals surface area contributed by atoms with Gasteiger partial charge in [-0.05, 0) is 25.9 Å². The predicted molar refractivity (Wildman–Crippen MR) is 40.6 cm³/mol. The van der Waals surface area contributed by atoms with Crippen LogP contribution in [0.25, 0.3) is 0 Å². The second-order valence-corrected chi connectivity index (χ2v) is 2.64. The molecule has 0 unspecified atom stereocenters. The van der Waals surface area contributed by atoms with Crippen LogP contribution >= 0.6 is 0 Å². The molecule has 0 aromatic rings. The Balaban J connectivity index is 2.39. The van der Waals surface area contributed by atoms with Crippen LogP contribution in [0.15, 0.2) is 5.16 Å². The standard InChI is InChI=1S/C7H14N2O/c1-2-9-5-3-4-7(6-9)8-10/h10H,2-6H2,1H3/b8-7-. The zero-order chi connectivity index (χ0) is 7.40. The first kappa shape index (κ1) is 7.54. The Morgan fingerprint density at radius 1 is 1.70 bits per heavy atom. The Labute approximate surface area is 61.3 Å². The molecule has 3 heteroatoms. The lowest BCUT2D eigenvalue weighted by Crippen LogP contribution is -2.35. The average Bonchev–Trinajstić information content (AvgIpc) is 2.05. The maximum absolute atomic E-state index is 8.47. The van der Waals surface area contributed by atoms with Crippen molar-refractivity contribution in [2.75, 3.05) is 19.6 Å². The van der Waals surface area contributed by atoms with Gasteiger partial charge in [0.15, 0.2) is 0 Å². The van der Waals surface area contributed by atoms with Crippen LogP contribution in [0.5, 0.6) is 0 Å². The highest BCUT2D eigenvalue weighted by Crippen LogP contribution is 2.05. The molecule has 0 atom stereocenters. The molecule has 10 heavy (non-hydrogen) atoms. The number of rotatable bonds is 1. The normalized spacial score (nSPS) is 25.5. The van der Waals surface area contributed by atoms with Gasteiger partial charge in [-0.3, -0.25) is 4.90 Å². The summed E-state index contributed by atoms with van der Waals surface area (Å²) in [5, 5.41) is 11.7. The minimum atomic E-state index is 0.854. The molecule has 0 aromatic carbocycles. The SMILES string of the molecule is CCN1CCC/C(=N/O)C1. The summed E-state index contributed by atoms with van der Waals surface area (Å²) >= 11 is 0. The van der Waals surface area contributed by atoms with Gasteiger partial charge in [0.2, 0.25) is 0 Å². The number of nitrogens with zero attached hydrogens (tertiary/aromatic N) is 2. The second-order valence-electron chi connectivity index (χ2n) is 2.64. The number of piperidine rings is 1. The highest BCUT2D eigenvalue weighted by atomic mass is 16.4. The highest BCUT2D eigenvalue weighted by Gasteiger charge is 2.13. The second kappa shape index (κ2) is 3.56. The van der Waals surface area contributed by atoms with E-state index in [4.69, 9.17) is 5.21 Å². The Morgan fingerprint density at radius 3 is 3.10 bits per heavy atom. The maximum Gasteiger partial charge on any atom is 0.0711 e. The maximum atomic E-state index is 8.47. The van der Waals surface area contributed by atoms with Gasteiger partial charge in [-0.25, -0.2) is 0 Å². The minimum absolute atomic E-state index is 0.854. The van der Waals surface area contributed by atoms with E-state index < -0.39 is 0 Å². The van der Waals surface area contributed by atoms with Crippen molar-refractivity contribution in [2.45, 2.75) is 19.8 Å². The van der Waals surface area contributed by atoms with E-state index in [1.165, 1.54) is 0 Å². The fourth-order valence-corrected chi connectivity index (χ4v) is 1.27. The third-order valence-corrected chi connectivity index (χ3v) is 1.93. The molecule has 0 aliphatic carbocycles. The summed E-state index contributed by atoms with van der Waals surface area (Å²) in [5.74, 6) is 0. The molecule has 0 aromatic heterocycles. The quantitative estimate of drug-likeness (QED) is 0.436. The largest absolute Gasteiger partial charge is 0.411 e. The van der Waals surface area contributed by atoms with Crippen molar-refractivity contribution in [3.8, 4) is 0 Å². The van der Waals surface area contributed by atoms with Crippen LogP contribution in [0, 0.1) is 0 Å². The Hall–Kier alpha value is -0.570. The Morgan fingerprint density at radius 2 is 2.50 bits per heavy atom. The topological polar surface area (TPSA) is 35.8 Å². The van der Waals surface area contributed by atoms with Crippen LogP contribution in [0.2, 0.25) is 0 Å². The van der Waals surface area contributed by atoms with E-state index in [1.54, 1.807) is 0 Å². The number of hydrogen-bond donors (Lipinski definition) is 1. The first-order valence-corrected chi connectivity index (χ1v) is 3.79. The fourth-order valence-electron chi connectivity index (χ4n) is 1.27. The molecule has 1 heterocycles. The van der Waals surface area contributed by atoms with Crippen molar-refractivity contribution in [2.24, 2.45) is 5.16 Å². The molecule has 1 fully saturated rings. The van der Waals surface area contributed by atoms with Crippen molar-refractivity contribution in [3.05, 3.63) is 0 Å². The van der Waals surface area contributed by atoms with Gasteiger partial charge in [-0.15, -0.1) is 0 Å². The molecule has 0 radical (unpaired) electrons. The molecule has 1 saturated heterocycles. The smallest absolute Gasteiger partial charge is 0.0711 e. The Kier molecular flexibility index (Phi) is 2.68. The third-order valence-electron chi connectivity index (χ3n) is 1.93. The van der Waals surface area contributed by atoms with Gasteiger partial charge in [0, 0.05) is 6.54 Å². The molecule has 58 valence electrons. The number of likely N-dealkylation sites (tertiary alicyclic amines) is 1. The summed E-state index contributed by atoms with van der Waals surface area (Å²) in [6.07, 6.45) is 2.10. The molecule has 0 bridgehead atoms. The highest BCUT2D eigenvalue weighted by molar-refractivity contribution is 5.86. The third kappa shape index (κ3) is 1.70. The van der Waals surface area contributed by atoms with Gasteiger partial charge in [-0.2, -0.15) is 0 Å². The van der Waals surface area contributed by atoms with E-state index in [1.807, 2.05) is 0 Å². The van der Waals surface area contributed by atoms with Crippen molar-refractivity contribution >= 4 is 5.71 Å². The molecular weight excluding hydrogens is 128 g/mol. The fraction of sp³-hybridized carbons (Fsp3) is 0.857. The van der Waals surface area contributed by atoms with Crippen molar-refractivity contribution in [1.29, 1.82) is 0 Å². The van der Waals surface area contributed by atoms with Crippen LogP contribution in [-0.2, 0) is 0 Å². The van der Waals surface area contributed by atoms with Crippen LogP contribution < -0.4 is 0 Å². The molecule has 1 aliphatic heterocycles. The first-order chi connectivity index (χ1) is 4.86.